The minimum absolute atomic E-state index is 0.0303. The van der Waals surface area contributed by atoms with Crippen molar-refractivity contribution in [3.05, 3.63) is 18.2 Å². The standard InChI is InChI=1S/C16H25N3O6S2/c1-12(20)18-13-4-5-14(25-3)15(10-13)27(23,24)19(8-7-17)16(2)6-9-26(21,22)11-16/h4-5,10H,6-9,11,17H2,1-3H3,(H,18,20)/t16-/m1/s1. The van der Waals surface area contributed by atoms with Crippen LogP contribution in [0.2, 0.25) is 0 Å². The number of anilines is 1. The molecule has 2 rings (SSSR count). The average molecular weight is 420 g/mol. The Balaban J connectivity index is 2.58. The molecule has 11 heteroatoms. The summed E-state index contributed by atoms with van der Waals surface area (Å²) in [7, 11) is -6.14. The third-order valence-corrected chi connectivity index (χ3v) is 8.44. The number of nitrogens with one attached hydrogen (secondary N) is 1. The molecular weight excluding hydrogens is 394 g/mol. The molecule has 0 aromatic heterocycles. The number of methoxy groups -OCH3 is 1. The zero-order valence-corrected chi connectivity index (χ0v) is 17.2. The number of nitrogens with zero attached hydrogens (tertiary/aromatic N) is 1. The number of nitrogens with two attached hydrogens (primary N) is 1. The van der Waals surface area contributed by atoms with Gasteiger partial charge in [0.05, 0.1) is 18.6 Å². The van der Waals surface area contributed by atoms with Gasteiger partial charge in [-0.25, -0.2) is 16.8 Å². The van der Waals surface area contributed by atoms with E-state index in [4.69, 9.17) is 10.5 Å². The smallest absolute Gasteiger partial charge is 0.247 e. The van der Waals surface area contributed by atoms with Gasteiger partial charge < -0.3 is 15.8 Å². The van der Waals surface area contributed by atoms with Gasteiger partial charge in [-0.3, -0.25) is 4.79 Å². The van der Waals surface area contributed by atoms with Crippen LogP contribution in [0.15, 0.2) is 23.1 Å². The van der Waals surface area contributed by atoms with Crippen molar-refractivity contribution in [3.8, 4) is 5.75 Å². The molecule has 1 atom stereocenters. The Morgan fingerprint density at radius 1 is 1.41 bits per heavy atom. The molecule has 1 heterocycles. The maximum Gasteiger partial charge on any atom is 0.247 e. The number of benzene rings is 1. The van der Waals surface area contributed by atoms with Crippen LogP contribution in [0.3, 0.4) is 0 Å². The molecule has 0 radical (unpaired) electrons. The van der Waals surface area contributed by atoms with Gasteiger partial charge in [0.25, 0.3) is 0 Å². The third kappa shape index (κ3) is 4.60. The first-order valence-corrected chi connectivity index (χ1v) is 11.6. The largest absolute Gasteiger partial charge is 0.495 e. The molecule has 0 spiro atoms. The lowest BCUT2D eigenvalue weighted by molar-refractivity contribution is -0.114. The van der Waals surface area contributed by atoms with Gasteiger partial charge in [-0.15, -0.1) is 0 Å². The van der Waals surface area contributed by atoms with Crippen LogP contribution in [0.5, 0.6) is 5.75 Å². The van der Waals surface area contributed by atoms with E-state index in [-0.39, 0.29) is 47.6 Å². The molecule has 1 aliphatic heterocycles. The Morgan fingerprint density at radius 3 is 2.56 bits per heavy atom. The molecule has 0 aliphatic carbocycles. The number of ether oxygens (including phenoxy) is 1. The van der Waals surface area contributed by atoms with Crippen molar-refractivity contribution >= 4 is 31.5 Å². The SMILES string of the molecule is COc1ccc(NC(C)=O)cc1S(=O)(=O)N(CCN)[C@]1(C)CCS(=O)(=O)C1. The number of hydrogen-bond donors (Lipinski definition) is 2. The first-order chi connectivity index (χ1) is 12.4. The molecule has 1 amide bonds. The van der Waals surface area contributed by atoms with Crippen LogP contribution < -0.4 is 15.8 Å². The fraction of sp³-hybridized carbons (Fsp3) is 0.562. The minimum atomic E-state index is -4.14. The fourth-order valence-electron chi connectivity index (χ4n) is 3.27. The van der Waals surface area contributed by atoms with Gasteiger partial charge in [-0.1, -0.05) is 0 Å². The summed E-state index contributed by atoms with van der Waals surface area (Å²) in [6.07, 6.45) is 0.183. The van der Waals surface area contributed by atoms with E-state index in [9.17, 15) is 21.6 Å². The zero-order valence-electron chi connectivity index (χ0n) is 15.6. The number of carbonyl (C=O) groups is 1. The molecule has 1 aromatic carbocycles. The fourth-order valence-corrected chi connectivity index (χ4v) is 7.49. The first kappa shape index (κ1) is 21.6. The molecule has 27 heavy (non-hydrogen) atoms. The minimum Gasteiger partial charge on any atom is -0.495 e. The average Bonchev–Trinajstić information content (AvgIpc) is 2.85. The van der Waals surface area contributed by atoms with Gasteiger partial charge in [0.15, 0.2) is 9.84 Å². The Bertz CT molecular complexity index is 929. The summed E-state index contributed by atoms with van der Waals surface area (Å²) >= 11 is 0. The van der Waals surface area contributed by atoms with Crippen LogP contribution in [0.1, 0.15) is 20.3 Å². The molecule has 0 bridgehead atoms. The topological polar surface area (TPSA) is 136 Å². The van der Waals surface area contributed by atoms with Crippen LogP contribution >= 0.6 is 0 Å². The molecule has 152 valence electrons. The Kier molecular flexibility index (Phi) is 6.19. The normalized spacial score (nSPS) is 22.0. The predicted molar refractivity (Wildman–Crippen MR) is 102 cm³/mol. The molecule has 9 nitrogen and oxygen atoms in total. The summed E-state index contributed by atoms with van der Waals surface area (Å²) in [5, 5.41) is 2.53. The van der Waals surface area contributed by atoms with Crippen LogP contribution in [0.4, 0.5) is 5.69 Å². The van der Waals surface area contributed by atoms with E-state index in [0.29, 0.717) is 5.69 Å². The number of hydrogen-bond acceptors (Lipinski definition) is 7. The van der Waals surface area contributed by atoms with E-state index < -0.39 is 25.4 Å². The Labute approximate surface area is 159 Å². The van der Waals surface area contributed by atoms with Crippen LogP contribution in [0, 0.1) is 0 Å². The predicted octanol–water partition coefficient (Wildman–Crippen LogP) is 0.180. The van der Waals surface area contributed by atoms with Gasteiger partial charge in [0.1, 0.15) is 10.6 Å². The molecule has 0 unspecified atom stereocenters. The lowest BCUT2D eigenvalue weighted by Gasteiger charge is -2.36. The summed E-state index contributed by atoms with van der Waals surface area (Å²) in [6.45, 7) is 2.91. The van der Waals surface area contributed by atoms with Crippen molar-refractivity contribution in [2.75, 3.05) is 37.0 Å². The van der Waals surface area contributed by atoms with Gasteiger partial charge in [0, 0.05) is 31.2 Å². The highest BCUT2D eigenvalue weighted by atomic mass is 32.2. The molecule has 0 saturated carbocycles. The highest BCUT2D eigenvalue weighted by molar-refractivity contribution is 7.92. The quantitative estimate of drug-likeness (QED) is 0.643. The summed E-state index contributed by atoms with van der Waals surface area (Å²) in [6, 6.07) is 4.26. The number of sulfone groups is 1. The lowest BCUT2D eigenvalue weighted by Crippen LogP contribution is -2.52. The second-order valence-corrected chi connectivity index (χ2v) is 10.8. The van der Waals surface area contributed by atoms with Crippen molar-refractivity contribution in [1.82, 2.24) is 4.31 Å². The van der Waals surface area contributed by atoms with E-state index in [1.807, 2.05) is 0 Å². The summed E-state index contributed by atoms with van der Waals surface area (Å²) in [5.74, 6) is -0.609. The molecule has 1 aromatic rings. The Hall–Kier alpha value is -1.69. The van der Waals surface area contributed by atoms with E-state index in [2.05, 4.69) is 5.32 Å². The van der Waals surface area contributed by atoms with Crippen LogP contribution in [-0.2, 0) is 24.7 Å². The number of amides is 1. The highest BCUT2D eigenvalue weighted by Crippen LogP contribution is 2.37. The van der Waals surface area contributed by atoms with Gasteiger partial charge in [0.2, 0.25) is 15.9 Å². The zero-order chi connectivity index (χ0) is 20.5. The maximum absolute atomic E-state index is 13.4. The van der Waals surface area contributed by atoms with E-state index in [1.54, 1.807) is 6.92 Å². The molecule has 1 aliphatic rings. The van der Waals surface area contributed by atoms with Crippen LogP contribution in [-0.4, -0.2) is 64.3 Å². The van der Waals surface area contributed by atoms with E-state index in [0.717, 1.165) is 4.31 Å². The monoisotopic (exact) mass is 419 g/mol. The number of rotatable bonds is 7. The number of carbonyl (C=O) groups excluding carboxylic acids is 1. The molecule has 3 N–H and O–H groups in total. The molecule has 1 fully saturated rings. The van der Waals surface area contributed by atoms with Crippen molar-refractivity contribution < 1.29 is 26.4 Å². The summed E-state index contributed by atoms with van der Waals surface area (Å²) in [4.78, 5) is 11.2. The third-order valence-electron chi connectivity index (χ3n) is 4.47. The van der Waals surface area contributed by atoms with Crippen molar-refractivity contribution in [3.63, 3.8) is 0 Å². The second-order valence-electron chi connectivity index (χ2n) is 6.75. The van der Waals surface area contributed by atoms with Gasteiger partial charge in [-0.2, -0.15) is 4.31 Å². The number of sulfonamides is 1. The molecular formula is C16H25N3O6S2. The van der Waals surface area contributed by atoms with E-state index in [1.165, 1.54) is 32.2 Å². The maximum atomic E-state index is 13.4. The highest BCUT2D eigenvalue weighted by Gasteiger charge is 2.48. The second kappa shape index (κ2) is 7.74. The summed E-state index contributed by atoms with van der Waals surface area (Å²) < 4.78 is 57.2. The van der Waals surface area contributed by atoms with Crippen molar-refractivity contribution in [2.45, 2.75) is 30.7 Å². The Morgan fingerprint density at radius 2 is 2.07 bits per heavy atom. The molecule has 1 saturated heterocycles. The van der Waals surface area contributed by atoms with E-state index >= 15 is 0 Å². The van der Waals surface area contributed by atoms with Crippen molar-refractivity contribution in [1.29, 1.82) is 0 Å². The lowest BCUT2D eigenvalue weighted by atomic mass is 10.0. The summed E-state index contributed by atoms with van der Waals surface area (Å²) in [5.41, 5.74) is 4.81. The van der Waals surface area contributed by atoms with Gasteiger partial charge in [-0.05, 0) is 31.5 Å². The van der Waals surface area contributed by atoms with Crippen molar-refractivity contribution in [2.24, 2.45) is 5.73 Å². The van der Waals surface area contributed by atoms with Gasteiger partial charge >= 0.3 is 0 Å². The first-order valence-electron chi connectivity index (χ1n) is 8.34. The van der Waals surface area contributed by atoms with Crippen LogP contribution in [0.25, 0.3) is 0 Å².